The van der Waals surface area contributed by atoms with Crippen LogP contribution in [0.1, 0.15) is 25.0 Å². The van der Waals surface area contributed by atoms with Crippen molar-refractivity contribution in [2.75, 3.05) is 33.8 Å². The molecule has 0 aliphatic heterocycles. The third-order valence-electron chi connectivity index (χ3n) is 3.79. The number of hydrogen-bond donors (Lipinski definition) is 2. The summed E-state index contributed by atoms with van der Waals surface area (Å²) in [5, 5.41) is 13.3. The maximum atomic E-state index is 9.98. The molecular formula is C17H30N2O2. The molecule has 0 aliphatic carbocycles. The Morgan fingerprint density at radius 2 is 1.76 bits per heavy atom. The molecule has 0 heterocycles. The second-order valence-corrected chi connectivity index (χ2v) is 6.63. The maximum absolute atomic E-state index is 9.98. The van der Waals surface area contributed by atoms with Gasteiger partial charge in [0.2, 0.25) is 0 Å². The topological polar surface area (TPSA) is 44.7 Å². The van der Waals surface area contributed by atoms with Crippen LogP contribution >= 0.6 is 0 Å². The zero-order valence-corrected chi connectivity index (χ0v) is 14.2. The van der Waals surface area contributed by atoms with E-state index < -0.39 is 6.10 Å². The van der Waals surface area contributed by atoms with E-state index in [9.17, 15) is 5.11 Å². The fourth-order valence-electron chi connectivity index (χ4n) is 1.97. The molecule has 2 N–H and O–H groups in total. The summed E-state index contributed by atoms with van der Waals surface area (Å²) in [6, 6.07) is 6.08. The first-order valence-electron chi connectivity index (χ1n) is 7.48. The summed E-state index contributed by atoms with van der Waals surface area (Å²) in [5.74, 6) is 0.820. The molecule has 1 unspecified atom stereocenters. The summed E-state index contributed by atoms with van der Waals surface area (Å²) < 4.78 is 5.66. The summed E-state index contributed by atoms with van der Waals surface area (Å²) in [6.07, 6.45) is -0.510. The van der Waals surface area contributed by atoms with Gasteiger partial charge in [0, 0.05) is 18.6 Å². The van der Waals surface area contributed by atoms with Gasteiger partial charge in [0.15, 0.2) is 0 Å². The van der Waals surface area contributed by atoms with E-state index in [1.165, 1.54) is 11.1 Å². The Morgan fingerprint density at radius 3 is 2.29 bits per heavy atom. The Bertz CT molecular complexity index is 424. The minimum absolute atomic E-state index is 0.0637. The van der Waals surface area contributed by atoms with Crippen molar-refractivity contribution in [1.82, 2.24) is 10.2 Å². The normalized spacial score (nSPS) is 13.5. The van der Waals surface area contributed by atoms with E-state index in [2.05, 4.69) is 44.2 Å². The number of ether oxygens (including phenoxy) is 1. The van der Waals surface area contributed by atoms with Gasteiger partial charge >= 0.3 is 0 Å². The SMILES string of the molecule is Cc1cc(C)cc(OCC(O)CNCC(C)(C)N(C)C)c1. The van der Waals surface area contributed by atoms with E-state index in [-0.39, 0.29) is 5.54 Å². The zero-order chi connectivity index (χ0) is 16.0. The molecule has 0 saturated heterocycles. The van der Waals surface area contributed by atoms with Crippen LogP contribution in [-0.4, -0.2) is 55.4 Å². The Hall–Kier alpha value is -1.10. The van der Waals surface area contributed by atoms with Gasteiger partial charge in [0.05, 0.1) is 0 Å². The highest BCUT2D eigenvalue weighted by molar-refractivity contribution is 5.32. The van der Waals surface area contributed by atoms with Crippen LogP contribution in [0.2, 0.25) is 0 Å². The van der Waals surface area contributed by atoms with Crippen LogP contribution in [-0.2, 0) is 0 Å². The molecular weight excluding hydrogens is 264 g/mol. The molecule has 1 aromatic carbocycles. The van der Waals surface area contributed by atoms with E-state index in [0.717, 1.165) is 12.3 Å². The van der Waals surface area contributed by atoms with Gasteiger partial charge in [-0.1, -0.05) is 6.07 Å². The van der Waals surface area contributed by atoms with E-state index >= 15 is 0 Å². The lowest BCUT2D eigenvalue weighted by molar-refractivity contribution is 0.100. The molecule has 4 nitrogen and oxygen atoms in total. The van der Waals surface area contributed by atoms with Gasteiger partial charge in [0.1, 0.15) is 18.5 Å². The Balaban J connectivity index is 2.33. The third-order valence-corrected chi connectivity index (χ3v) is 3.79. The molecule has 0 amide bonds. The van der Waals surface area contributed by atoms with Gasteiger partial charge in [-0.25, -0.2) is 0 Å². The number of benzene rings is 1. The zero-order valence-electron chi connectivity index (χ0n) is 14.2. The summed E-state index contributed by atoms with van der Waals surface area (Å²) >= 11 is 0. The van der Waals surface area contributed by atoms with E-state index in [0.29, 0.717) is 13.2 Å². The lowest BCUT2D eigenvalue weighted by atomic mass is 10.0. The second kappa shape index (κ2) is 7.78. The lowest BCUT2D eigenvalue weighted by Crippen LogP contribution is -2.48. The molecule has 21 heavy (non-hydrogen) atoms. The fourth-order valence-corrected chi connectivity index (χ4v) is 1.97. The molecule has 0 radical (unpaired) electrons. The molecule has 4 heteroatoms. The number of aliphatic hydroxyl groups excluding tert-OH is 1. The minimum Gasteiger partial charge on any atom is -0.491 e. The minimum atomic E-state index is -0.510. The highest BCUT2D eigenvalue weighted by Gasteiger charge is 2.20. The van der Waals surface area contributed by atoms with Crippen molar-refractivity contribution < 1.29 is 9.84 Å². The molecule has 0 spiro atoms. The Kier molecular flexibility index (Phi) is 6.65. The summed E-state index contributed by atoms with van der Waals surface area (Å²) in [7, 11) is 4.11. The van der Waals surface area contributed by atoms with Gasteiger partial charge in [-0.3, -0.25) is 0 Å². The maximum Gasteiger partial charge on any atom is 0.119 e. The first kappa shape index (κ1) is 18.0. The lowest BCUT2D eigenvalue weighted by Gasteiger charge is -2.33. The summed E-state index contributed by atoms with van der Waals surface area (Å²) in [5.41, 5.74) is 2.41. The molecule has 0 aliphatic rings. The van der Waals surface area contributed by atoms with Crippen molar-refractivity contribution in [3.8, 4) is 5.75 Å². The third kappa shape index (κ3) is 6.46. The first-order chi connectivity index (χ1) is 9.70. The molecule has 0 fully saturated rings. The Morgan fingerprint density at radius 1 is 1.19 bits per heavy atom. The molecule has 0 aromatic heterocycles. The van der Waals surface area contributed by atoms with Crippen molar-refractivity contribution in [2.24, 2.45) is 0 Å². The quantitative estimate of drug-likeness (QED) is 0.769. The van der Waals surface area contributed by atoms with Crippen molar-refractivity contribution >= 4 is 0 Å². The number of aliphatic hydroxyl groups is 1. The van der Waals surface area contributed by atoms with Gasteiger partial charge in [-0.2, -0.15) is 0 Å². The predicted octanol–water partition coefficient (Wildman–Crippen LogP) is 1.97. The van der Waals surface area contributed by atoms with Crippen LogP contribution in [0.3, 0.4) is 0 Å². The highest BCUT2D eigenvalue weighted by Crippen LogP contribution is 2.16. The largest absolute Gasteiger partial charge is 0.491 e. The summed E-state index contributed by atoms with van der Waals surface area (Å²) in [6.45, 7) is 10.1. The predicted molar refractivity (Wildman–Crippen MR) is 88.1 cm³/mol. The number of likely N-dealkylation sites (N-methyl/N-ethyl adjacent to an activating group) is 1. The van der Waals surface area contributed by atoms with Crippen LogP contribution in [0.15, 0.2) is 18.2 Å². The molecule has 120 valence electrons. The van der Waals surface area contributed by atoms with Crippen LogP contribution in [0, 0.1) is 13.8 Å². The van der Waals surface area contributed by atoms with Gasteiger partial charge < -0.3 is 20.1 Å². The van der Waals surface area contributed by atoms with Gasteiger partial charge in [0.25, 0.3) is 0 Å². The smallest absolute Gasteiger partial charge is 0.119 e. The average molecular weight is 294 g/mol. The molecule has 1 aromatic rings. The van der Waals surface area contributed by atoms with Crippen LogP contribution in [0.5, 0.6) is 5.75 Å². The number of hydrogen-bond acceptors (Lipinski definition) is 4. The Labute approximate surface area is 129 Å². The monoisotopic (exact) mass is 294 g/mol. The second-order valence-electron chi connectivity index (χ2n) is 6.63. The van der Waals surface area contributed by atoms with E-state index in [1.54, 1.807) is 0 Å². The van der Waals surface area contributed by atoms with E-state index in [1.807, 2.05) is 26.0 Å². The number of aryl methyl sites for hydroxylation is 2. The highest BCUT2D eigenvalue weighted by atomic mass is 16.5. The number of nitrogens with zero attached hydrogens (tertiary/aromatic N) is 1. The van der Waals surface area contributed by atoms with Crippen molar-refractivity contribution in [2.45, 2.75) is 39.3 Å². The standard InChI is InChI=1S/C17H30N2O2/c1-13-7-14(2)9-16(8-13)21-11-15(20)10-18-12-17(3,4)19(5)6/h7-9,15,18,20H,10-12H2,1-6H3. The van der Waals surface area contributed by atoms with Gasteiger partial charge in [-0.05, 0) is 65.0 Å². The van der Waals surface area contributed by atoms with Crippen molar-refractivity contribution in [3.05, 3.63) is 29.3 Å². The molecule has 1 rings (SSSR count). The van der Waals surface area contributed by atoms with E-state index in [4.69, 9.17) is 4.74 Å². The first-order valence-corrected chi connectivity index (χ1v) is 7.48. The molecule has 1 atom stereocenters. The molecule has 0 saturated carbocycles. The van der Waals surface area contributed by atoms with Crippen molar-refractivity contribution in [1.29, 1.82) is 0 Å². The number of nitrogens with one attached hydrogen (secondary N) is 1. The van der Waals surface area contributed by atoms with Gasteiger partial charge in [-0.15, -0.1) is 0 Å². The fraction of sp³-hybridized carbons (Fsp3) is 0.647. The average Bonchev–Trinajstić information content (AvgIpc) is 2.35. The summed E-state index contributed by atoms with van der Waals surface area (Å²) in [4.78, 5) is 2.17. The molecule has 0 bridgehead atoms. The van der Waals surface area contributed by atoms with Crippen molar-refractivity contribution in [3.63, 3.8) is 0 Å². The number of rotatable bonds is 8. The van der Waals surface area contributed by atoms with Crippen LogP contribution in [0.4, 0.5) is 0 Å². The van der Waals surface area contributed by atoms with Crippen LogP contribution < -0.4 is 10.1 Å². The van der Waals surface area contributed by atoms with Crippen LogP contribution in [0.25, 0.3) is 0 Å².